The Labute approximate surface area is 128 Å². The Balaban J connectivity index is 1.77. The number of H-pyrrole nitrogens is 2. The van der Waals surface area contributed by atoms with E-state index >= 15 is 0 Å². The molecule has 0 saturated carbocycles. The monoisotopic (exact) mass is 318 g/mol. The van der Waals surface area contributed by atoms with Crippen LogP contribution in [0.3, 0.4) is 0 Å². The summed E-state index contributed by atoms with van der Waals surface area (Å²) in [6.45, 7) is 0. The molecule has 3 rings (SSSR count). The summed E-state index contributed by atoms with van der Waals surface area (Å²) in [7, 11) is 0. The molecule has 8 heteroatoms. The van der Waals surface area contributed by atoms with Gasteiger partial charge in [-0.1, -0.05) is 11.6 Å². The molecule has 0 aliphatic heterocycles. The summed E-state index contributed by atoms with van der Waals surface area (Å²) in [6, 6.07) is 8.71. The van der Waals surface area contributed by atoms with Crippen molar-refractivity contribution in [2.75, 3.05) is 10.6 Å². The molecule has 112 valence electrons. The number of amides is 2. The Kier molecular flexibility index (Phi) is 3.48. The number of phenols is 1. The lowest BCUT2D eigenvalue weighted by molar-refractivity contribution is 0.262. The molecule has 5 N–H and O–H groups in total. The van der Waals surface area contributed by atoms with Gasteiger partial charge in [-0.3, -0.25) is 0 Å². The highest BCUT2D eigenvalue weighted by Crippen LogP contribution is 2.26. The van der Waals surface area contributed by atoms with Crippen molar-refractivity contribution in [2.45, 2.75) is 0 Å². The van der Waals surface area contributed by atoms with Crippen LogP contribution in [0.2, 0.25) is 5.02 Å². The van der Waals surface area contributed by atoms with Crippen molar-refractivity contribution in [3.05, 3.63) is 51.9 Å². The van der Waals surface area contributed by atoms with Gasteiger partial charge in [-0.2, -0.15) is 0 Å². The molecule has 2 amide bonds. The van der Waals surface area contributed by atoms with Gasteiger partial charge in [0.05, 0.1) is 16.7 Å². The van der Waals surface area contributed by atoms with Crippen LogP contribution in [0.1, 0.15) is 0 Å². The molecule has 0 spiro atoms. The van der Waals surface area contributed by atoms with Crippen molar-refractivity contribution in [1.29, 1.82) is 0 Å². The van der Waals surface area contributed by atoms with Crippen LogP contribution in [0.25, 0.3) is 11.0 Å². The highest BCUT2D eigenvalue weighted by atomic mass is 35.5. The molecule has 0 atom stereocenters. The molecule has 0 fully saturated rings. The van der Waals surface area contributed by atoms with Crippen molar-refractivity contribution in [3.63, 3.8) is 0 Å². The molecule has 2 aromatic carbocycles. The predicted octanol–water partition coefficient (Wildman–Crippen LogP) is 2.86. The maximum Gasteiger partial charge on any atom is 0.323 e. The van der Waals surface area contributed by atoms with Crippen LogP contribution in [0, 0.1) is 0 Å². The van der Waals surface area contributed by atoms with Crippen LogP contribution in [0.4, 0.5) is 16.2 Å². The van der Waals surface area contributed by atoms with E-state index in [2.05, 4.69) is 20.6 Å². The summed E-state index contributed by atoms with van der Waals surface area (Å²) in [5.41, 5.74) is 1.58. The average Bonchev–Trinajstić information content (AvgIpc) is 2.82. The lowest BCUT2D eigenvalue weighted by atomic mass is 10.2. The van der Waals surface area contributed by atoms with Crippen molar-refractivity contribution < 1.29 is 9.90 Å². The van der Waals surface area contributed by atoms with E-state index in [-0.39, 0.29) is 17.1 Å². The van der Waals surface area contributed by atoms with E-state index < -0.39 is 6.03 Å². The standard InChI is InChI=1S/C14H11ClN4O3/c15-7-1-4-12(20)11(5-7)19-13(21)16-8-2-3-9-10(6-8)18-14(22)17-9/h1-6,20H,(H2,16,19,21)(H2,17,18,22). The fraction of sp³-hybridized carbons (Fsp3) is 0. The Morgan fingerprint density at radius 2 is 1.82 bits per heavy atom. The summed E-state index contributed by atoms with van der Waals surface area (Å²) >= 11 is 5.81. The number of anilines is 2. The van der Waals surface area contributed by atoms with E-state index in [9.17, 15) is 14.7 Å². The van der Waals surface area contributed by atoms with Gasteiger partial charge in [0.1, 0.15) is 5.75 Å². The first-order chi connectivity index (χ1) is 10.5. The Hall–Kier alpha value is -2.93. The van der Waals surface area contributed by atoms with Gasteiger partial charge < -0.3 is 25.7 Å². The number of carbonyl (C=O) groups excluding carboxylic acids is 1. The molecular weight excluding hydrogens is 308 g/mol. The van der Waals surface area contributed by atoms with Gasteiger partial charge in [0, 0.05) is 10.7 Å². The summed E-state index contributed by atoms with van der Waals surface area (Å²) in [5, 5.41) is 15.1. The van der Waals surface area contributed by atoms with E-state index in [4.69, 9.17) is 11.6 Å². The first-order valence-corrected chi connectivity index (χ1v) is 6.67. The fourth-order valence-corrected chi connectivity index (χ4v) is 2.18. The van der Waals surface area contributed by atoms with Gasteiger partial charge >= 0.3 is 11.7 Å². The Morgan fingerprint density at radius 3 is 2.64 bits per heavy atom. The number of rotatable bonds is 2. The molecule has 0 radical (unpaired) electrons. The van der Waals surface area contributed by atoms with Crippen molar-refractivity contribution in [2.24, 2.45) is 0 Å². The quantitative estimate of drug-likeness (QED) is 0.468. The predicted molar refractivity (Wildman–Crippen MR) is 84.7 cm³/mol. The number of urea groups is 1. The van der Waals surface area contributed by atoms with Crippen molar-refractivity contribution >= 4 is 40.0 Å². The normalized spacial score (nSPS) is 10.6. The molecule has 1 aromatic heterocycles. The second-order valence-electron chi connectivity index (χ2n) is 4.58. The zero-order chi connectivity index (χ0) is 15.7. The highest BCUT2D eigenvalue weighted by Gasteiger charge is 2.08. The maximum atomic E-state index is 11.9. The minimum atomic E-state index is -0.546. The maximum absolute atomic E-state index is 11.9. The molecule has 0 aliphatic rings. The second kappa shape index (κ2) is 5.45. The minimum Gasteiger partial charge on any atom is -0.506 e. The topological polar surface area (TPSA) is 110 Å². The fourth-order valence-electron chi connectivity index (χ4n) is 2.00. The first-order valence-electron chi connectivity index (χ1n) is 6.30. The van der Waals surface area contributed by atoms with E-state index in [0.717, 1.165) is 0 Å². The third-order valence-electron chi connectivity index (χ3n) is 2.98. The Morgan fingerprint density at radius 1 is 1.05 bits per heavy atom. The zero-order valence-electron chi connectivity index (χ0n) is 11.1. The second-order valence-corrected chi connectivity index (χ2v) is 5.02. The molecular formula is C14H11ClN4O3. The molecule has 22 heavy (non-hydrogen) atoms. The number of aromatic hydroxyl groups is 1. The molecule has 0 unspecified atom stereocenters. The van der Waals surface area contributed by atoms with Crippen LogP contribution in [0.15, 0.2) is 41.2 Å². The summed E-state index contributed by atoms with van der Waals surface area (Å²) in [6.07, 6.45) is 0. The SMILES string of the molecule is O=C(Nc1ccc2[nH]c(=O)[nH]c2c1)Nc1cc(Cl)ccc1O. The third-order valence-corrected chi connectivity index (χ3v) is 3.22. The average molecular weight is 319 g/mol. The van der Waals surface area contributed by atoms with Gasteiger partial charge in [-0.25, -0.2) is 9.59 Å². The van der Waals surface area contributed by atoms with Crippen LogP contribution in [0.5, 0.6) is 5.75 Å². The largest absolute Gasteiger partial charge is 0.506 e. The number of imidazole rings is 1. The third kappa shape index (κ3) is 2.89. The van der Waals surface area contributed by atoms with Crippen molar-refractivity contribution in [3.8, 4) is 5.75 Å². The number of phenolic OH excluding ortho intramolecular Hbond substituents is 1. The lowest BCUT2D eigenvalue weighted by Gasteiger charge is -2.09. The lowest BCUT2D eigenvalue weighted by Crippen LogP contribution is -2.19. The zero-order valence-corrected chi connectivity index (χ0v) is 11.9. The van der Waals surface area contributed by atoms with E-state index in [0.29, 0.717) is 21.7 Å². The molecule has 3 aromatic rings. The Bertz CT molecular complexity index is 916. The number of carbonyl (C=O) groups is 1. The van der Waals surface area contributed by atoms with E-state index in [1.54, 1.807) is 18.2 Å². The molecule has 0 saturated heterocycles. The number of benzene rings is 2. The smallest absolute Gasteiger partial charge is 0.323 e. The summed E-state index contributed by atoms with van der Waals surface area (Å²) in [5.74, 6) is -0.0926. The van der Waals surface area contributed by atoms with Crippen LogP contribution in [-0.4, -0.2) is 21.1 Å². The number of fused-ring (bicyclic) bond motifs is 1. The van der Waals surface area contributed by atoms with E-state index in [1.165, 1.54) is 18.2 Å². The van der Waals surface area contributed by atoms with Gasteiger partial charge in [-0.15, -0.1) is 0 Å². The van der Waals surface area contributed by atoms with Gasteiger partial charge in [0.25, 0.3) is 0 Å². The number of hydrogen-bond acceptors (Lipinski definition) is 3. The number of halogens is 1. The first kappa shape index (κ1) is 14.0. The molecule has 0 aliphatic carbocycles. The van der Waals surface area contributed by atoms with Crippen LogP contribution >= 0.6 is 11.6 Å². The number of aromatic amines is 2. The van der Waals surface area contributed by atoms with Gasteiger partial charge in [0.2, 0.25) is 0 Å². The number of nitrogens with one attached hydrogen (secondary N) is 4. The van der Waals surface area contributed by atoms with Crippen molar-refractivity contribution in [1.82, 2.24) is 9.97 Å². The van der Waals surface area contributed by atoms with Gasteiger partial charge in [0.15, 0.2) is 0 Å². The molecule has 7 nitrogen and oxygen atoms in total. The molecule has 0 bridgehead atoms. The highest BCUT2D eigenvalue weighted by molar-refractivity contribution is 6.31. The number of aromatic nitrogens is 2. The summed E-state index contributed by atoms with van der Waals surface area (Å²) in [4.78, 5) is 28.3. The van der Waals surface area contributed by atoms with Crippen LogP contribution in [-0.2, 0) is 0 Å². The molecule has 1 heterocycles. The van der Waals surface area contributed by atoms with E-state index in [1.807, 2.05) is 0 Å². The summed E-state index contributed by atoms with van der Waals surface area (Å²) < 4.78 is 0. The number of hydrogen-bond donors (Lipinski definition) is 5. The van der Waals surface area contributed by atoms with Crippen LogP contribution < -0.4 is 16.3 Å². The van der Waals surface area contributed by atoms with Gasteiger partial charge in [-0.05, 0) is 36.4 Å². The minimum absolute atomic E-state index is 0.0926.